The number of amides is 2. The first kappa shape index (κ1) is 35.3. The minimum absolute atomic E-state index is 0.0474. The third-order valence-electron chi connectivity index (χ3n) is 8.72. The highest BCUT2D eigenvalue weighted by Crippen LogP contribution is 2.37. The van der Waals surface area contributed by atoms with Crippen molar-refractivity contribution < 1.29 is 36.3 Å². The summed E-state index contributed by atoms with van der Waals surface area (Å²) in [6.45, 7) is 0.464. The van der Waals surface area contributed by atoms with Crippen molar-refractivity contribution in [3.05, 3.63) is 119 Å². The number of hydrogen-bond acceptors (Lipinski definition) is 6. The predicted octanol–water partition coefficient (Wildman–Crippen LogP) is 5.62. The average molecular weight is 691 g/mol. The summed E-state index contributed by atoms with van der Waals surface area (Å²) in [6, 6.07) is 26.1. The summed E-state index contributed by atoms with van der Waals surface area (Å²) in [5, 5.41) is 23.9. The number of rotatable bonds is 9. The zero-order chi connectivity index (χ0) is 35.4. The molecule has 2 amide bonds. The van der Waals surface area contributed by atoms with Crippen LogP contribution < -0.4 is 10.0 Å². The van der Waals surface area contributed by atoms with Crippen molar-refractivity contribution in [2.24, 2.45) is 5.92 Å². The largest absolute Gasteiger partial charge is 0.417 e. The molecule has 254 valence electrons. The van der Waals surface area contributed by atoms with Crippen molar-refractivity contribution in [3.8, 4) is 17.2 Å². The van der Waals surface area contributed by atoms with Gasteiger partial charge in [-0.3, -0.25) is 9.59 Å². The molecule has 0 radical (unpaired) electrons. The second-order valence-corrected chi connectivity index (χ2v) is 13.7. The Kier molecular flexibility index (Phi) is 10.2. The molecule has 1 fully saturated rings. The lowest BCUT2D eigenvalue weighted by Gasteiger charge is -2.40. The molecule has 0 aromatic heterocycles. The lowest BCUT2D eigenvalue weighted by atomic mass is 9.75. The van der Waals surface area contributed by atoms with E-state index in [2.05, 4.69) is 10.0 Å². The molecule has 1 aliphatic rings. The van der Waals surface area contributed by atoms with Crippen LogP contribution in [0.15, 0.2) is 102 Å². The first-order valence-electron chi connectivity index (χ1n) is 15.4. The Bertz CT molecular complexity index is 2010. The van der Waals surface area contributed by atoms with Crippen LogP contribution in [0.3, 0.4) is 0 Å². The summed E-state index contributed by atoms with van der Waals surface area (Å²) in [5.41, 5.74) is -2.03. The molecule has 49 heavy (non-hydrogen) atoms. The van der Waals surface area contributed by atoms with Gasteiger partial charge in [-0.2, -0.15) is 18.4 Å². The fourth-order valence-electron chi connectivity index (χ4n) is 6.06. The molecule has 1 saturated heterocycles. The van der Waals surface area contributed by atoms with Gasteiger partial charge in [-0.1, -0.05) is 54.6 Å². The van der Waals surface area contributed by atoms with Gasteiger partial charge in [0.05, 0.1) is 22.1 Å². The number of carbonyl (C=O) groups excluding carboxylic acids is 2. The number of piperidine rings is 1. The van der Waals surface area contributed by atoms with Gasteiger partial charge in [-0.15, -0.1) is 0 Å². The normalized spacial score (nSPS) is 15.2. The van der Waals surface area contributed by atoms with Crippen molar-refractivity contribution in [1.82, 2.24) is 9.62 Å². The zero-order valence-corrected chi connectivity index (χ0v) is 27.2. The Morgan fingerprint density at radius 3 is 2.20 bits per heavy atom. The minimum Gasteiger partial charge on any atom is -0.379 e. The number of aliphatic hydroxyl groups is 1. The molecule has 5 rings (SSSR count). The summed E-state index contributed by atoms with van der Waals surface area (Å²) < 4.78 is 68.2. The van der Waals surface area contributed by atoms with E-state index in [1.165, 1.54) is 31.3 Å². The number of nitrogens with one attached hydrogen (secondary N) is 2. The highest BCUT2D eigenvalue weighted by Gasteiger charge is 2.46. The Morgan fingerprint density at radius 1 is 0.918 bits per heavy atom. The molecule has 4 aromatic carbocycles. The van der Waals surface area contributed by atoms with Crippen LogP contribution in [0.1, 0.15) is 39.9 Å². The molecule has 3 N–H and O–H groups in total. The van der Waals surface area contributed by atoms with E-state index in [1.54, 1.807) is 71.6 Å². The second-order valence-electron chi connectivity index (χ2n) is 11.8. The number of carbonyl (C=O) groups is 2. The van der Waals surface area contributed by atoms with Crippen molar-refractivity contribution in [2.45, 2.75) is 35.9 Å². The maximum Gasteiger partial charge on any atom is 0.417 e. The van der Waals surface area contributed by atoms with Gasteiger partial charge in [0, 0.05) is 36.7 Å². The predicted molar refractivity (Wildman–Crippen MR) is 177 cm³/mol. The monoisotopic (exact) mass is 690 g/mol. The molecule has 1 heterocycles. The number of nitrogens with zero attached hydrogens (tertiary/aromatic N) is 2. The molecule has 0 saturated carbocycles. The molecule has 4 aromatic rings. The number of sulfonamides is 1. The highest BCUT2D eigenvalue weighted by atomic mass is 32.2. The fraction of sp³-hybridized carbons (Fsp3) is 0.250. The van der Waals surface area contributed by atoms with Gasteiger partial charge in [0.15, 0.2) is 0 Å². The van der Waals surface area contributed by atoms with E-state index in [4.69, 9.17) is 0 Å². The molecule has 1 unspecified atom stereocenters. The molecule has 0 aliphatic carbocycles. The number of likely N-dealkylation sites (tertiary alicyclic amines) is 1. The Labute approximate surface area is 282 Å². The van der Waals surface area contributed by atoms with Crippen LogP contribution in [-0.2, 0) is 27.4 Å². The lowest BCUT2D eigenvalue weighted by Crippen LogP contribution is -2.54. The second kappa shape index (κ2) is 14.2. The van der Waals surface area contributed by atoms with E-state index in [9.17, 15) is 41.5 Å². The molecule has 0 spiro atoms. The Hall–Kier alpha value is -5.03. The van der Waals surface area contributed by atoms with Gasteiger partial charge in [0.2, 0.25) is 10.0 Å². The number of alkyl halides is 3. The fourth-order valence-corrected chi connectivity index (χ4v) is 6.84. The summed E-state index contributed by atoms with van der Waals surface area (Å²) in [6.07, 6.45) is -4.63. The topological polar surface area (TPSA) is 140 Å². The number of anilines is 1. The molecule has 9 nitrogen and oxygen atoms in total. The van der Waals surface area contributed by atoms with Crippen LogP contribution in [0.25, 0.3) is 11.1 Å². The zero-order valence-electron chi connectivity index (χ0n) is 26.4. The van der Waals surface area contributed by atoms with E-state index in [0.29, 0.717) is 28.3 Å². The summed E-state index contributed by atoms with van der Waals surface area (Å²) >= 11 is 0. The number of halogens is 3. The van der Waals surface area contributed by atoms with Crippen molar-refractivity contribution in [3.63, 3.8) is 0 Å². The molecular weight excluding hydrogens is 657 g/mol. The van der Waals surface area contributed by atoms with E-state index < -0.39 is 44.8 Å². The van der Waals surface area contributed by atoms with Crippen LogP contribution in [-0.4, -0.2) is 56.0 Å². The van der Waals surface area contributed by atoms with Gasteiger partial charge in [-0.05, 0) is 79.0 Å². The standard InChI is InChI=1S/C36H33F3N4O5S/c1-41-49(47,48)31-12-6-11-27(20-31)26-10-5-7-24(19-26)22-35(46,29-15-17-43(18-16-29)33(44)25-8-3-2-4-9-25)34(45)42-30-14-13-28(23-40)32(21-30)36(37,38)39/h2-14,19-21,29,41,46H,15-18,22H2,1H3,(H,42,45). The maximum absolute atomic E-state index is 14.0. The number of nitriles is 1. The van der Waals surface area contributed by atoms with Gasteiger partial charge < -0.3 is 15.3 Å². The lowest BCUT2D eigenvalue weighted by molar-refractivity contribution is -0.142. The van der Waals surface area contributed by atoms with E-state index in [1.807, 2.05) is 0 Å². The third-order valence-corrected chi connectivity index (χ3v) is 10.1. The first-order valence-corrected chi connectivity index (χ1v) is 16.9. The summed E-state index contributed by atoms with van der Waals surface area (Å²) in [4.78, 5) is 28.7. The van der Waals surface area contributed by atoms with Crippen LogP contribution in [0.2, 0.25) is 0 Å². The van der Waals surface area contributed by atoms with Crippen LogP contribution in [0.4, 0.5) is 18.9 Å². The van der Waals surface area contributed by atoms with Gasteiger partial charge >= 0.3 is 6.18 Å². The van der Waals surface area contributed by atoms with Crippen molar-refractivity contribution in [2.75, 3.05) is 25.5 Å². The molecule has 1 aliphatic heterocycles. The Balaban J connectivity index is 1.46. The summed E-state index contributed by atoms with van der Waals surface area (Å²) in [5.74, 6) is -1.83. The number of hydrogen-bond donors (Lipinski definition) is 3. The smallest absolute Gasteiger partial charge is 0.379 e. The van der Waals surface area contributed by atoms with E-state index in [-0.39, 0.29) is 48.8 Å². The third kappa shape index (κ3) is 7.83. The summed E-state index contributed by atoms with van der Waals surface area (Å²) in [7, 11) is -2.42. The van der Waals surface area contributed by atoms with E-state index >= 15 is 0 Å². The van der Waals surface area contributed by atoms with Gasteiger partial charge in [-0.25, -0.2) is 13.1 Å². The molecule has 1 atom stereocenters. The Morgan fingerprint density at radius 2 is 1.57 bits per heavy atom. The average Bonchev–Trinajstić information content (AvgIpc) is 3.11. The van der Waals surface area contributed by atoms with Gasteiger partial charge in [0.25, 0.3) is 11.8 Å². The van der Waals surface area contributed by atoms with Crippen molar-refractivity contribution >= 4 is 27.5 Å². The molecule has 0 bridgehead atoms. The molecular formula is C36H33F3N4O5S. The van der Waals surface area contributed by atoms with Crippen molar-refractivity contribution in [1.29, 1.82) is 5.26 Å². The van der Waals surface area contributed by atoms with Gasteiger partial charge in [0.1, 0.15) is 5.60 Å². The quantitative estimate of drug-likeness (QED) is 0.209. The first-order chi connectivity index (χ1) is 23.2. The van der Waals surface area contributed by atoms with Crippen LogP contribution >= 0.6 is 0 Å². The molecule has 13 heteroatoms. The van der Waals surface area contributed by atoms with E-state index in [0.717, 1.165) is 6.07 Å². The number of benzene rings is 4. The minimum atomic E-state index is -4.86. The maximum atomic E-state index is 14.0. The highest BCUT2D eigenvalue weighted by molar-refractivity contribution is 7.89. The van der Waals surface area contributed by atoms with Crippen LogP contribution in [0, 0.1) is 17.2 Å². The van der Waals surface area contributed by atoms with Crippen LogP contribution in [0.5, 0.6) is 0 Å². The SMILES string of the molecule is CNS(=O)(=O)c1cccc(-c2cccc(CC(O)(C(=O)Nc3ccc(C#N)c(C(F)(F)F)c3)C3CCN(C(=O)c4ccccc4)CC3)c2)c1.